The largest absolute Gasteiger partial charge is 0.481 e. The van der Waals surface area contributed by atoms with E-state index in [1.165, 1.54) is 6.92 Å². The Balaban J connectivity index is -0.000000837. The molecule has 13 nitrogen and oxygen atoms in total. The van der Waals surface area contributed by atoms with E-state index < -0.39 is 60.7 Å². The van der Waals surface area contributed by atoms with Gasteiger partial charge in [-0.15, -0.1) is 0 Å². The highest BCUT2D eigenvalue weighted by Gasteiger charge is 2.54. The van der Waals surface area contributed by atoms with E-state index in [9.17, 15) is 19.2 Å². The molecule has 10 N–H and O–H groups in total. The van der Waals surface area contributed by atoms with Crippen molar-refractivity contribution in [1.82, 2.24) is 0 Å². The monoisotopic (exact) mass is 428 g/mol. The van der Waals surface area contributed by atoms with Gasteiger partial charge in [-0.2, -0.15) is 0 Å². The summed E-state index contributed by atoms with van der Waals surface area (Å²) >= 11 is 0. The minimum atomic E-state index is -2.21. The van der Waals surface area contributed by atoms with Crippen LogP contribution in [0.1, 0.15) is 39.5 Å². The number of carbonyl (C=O) groups is 4. The number of carboxylic acid groups (broad SMARTS) is 4. The second-order valence-electron chi connectivity index (χ2n) is 5.85. The van der Waals surface area contributed by atoms with Crippen LogP contribution >= 0.6 is 0 Å². The van der Waals surface area contributed by atoms with E-state index in [0.717, 1.165) is 6.61 Å². The number of ether oxygens (including phenoxy) is 2. The molecule has 0 atom stereocenters. The molecule has 0 aliphatic carbocycles. The SMILES string of the molecule is CCOC(CC(=O)O)(CC(=O)O)C(N)(CC(=O)O)CC(=O)O.CCOCCN.O. The first-order valence-electron chi connectivity index (χ1n) is 8.47. The Morgan fingerprint density at radius 1 is 0.793 bits per heavy atom. The first kappa shape index (κ1) is 31.4. The van der Waals surface area contributed by atoms with Gasteiger partial charge in [-0.3, -0.25) is 19.2 Å². The van der Waals surface area contributed by atoms with E-state index in [1.807, 2.05) is 6.92 Å². The lowest BCUT2D eigenvalue weighted by atomic mass is 9.71. The third-order valence-electron chi connectivity index (χ3n) is 3.60. The van der Waals surface area contributed by atoms with Crippen molar-refractivity contribution in [3.63, 3.8) is 0 Å². The molecule has 0 amide bonds. The zero-order chi connectivity index (χ0) is 22.4. The maximum Gasteiger partial charge on any atom is 0.306 e. The van der Waals surface area contributed by atoms with Crippen LogP contribution < -0.4 is 11.5 Å². The predicted molar refractivity (Wildman–Crippen MR) is 99.4 cm³/mol. The quantitative estimate of drug-likeness (QED) is 0.173. The van der Waals surface area contributed by atoms with E-state index in [1.54, 1.807) is 0 Å². The smallest absolute Gasteiger partial charge is 0.306 e. The lowest BCUT2D eigenvalue weighted by Gasteiger charge is -2.45. The van der Waals surface area contributed by atoms with Crippen molar-refractivity contribution in [1.29, 1.82) is 0 Å². The maximum atomic E-state index is 11.1. The fourth-order valence-corrected chi connectivity index (χ4v) is 2.58. The summed E-state index contributed by atoms with van der Waals surface area (Å²) in [6.45, 7) is 5.32. The van der Waals surface area contributed by atoms with Crippen LogP contribution in [-0.4, -0.2) is 87.3 Å². The molecule has 0 bridgehead atoms. The van der Waals surface area contributed by atoms with Gasteiger partial charge in [-0.25, -0.2) is 0 Å². The highest BCUT2D eigenvalue weighted by molar-refractivity contribution is 5.77. The number of aliphatic carboxylic acids is 4. The van der Waals surface area contributed by atoms with Crippen LogP contribution in [0.3, 0.4) is 0 Å². The third kappa shape index (κ3) is 12.7. The molecule has 0 spiro atoms. The van der Waals surface area contributed by atoms with E-state index in [0.29, 0.717) is 13.2 Å². The lowest BCUT2D eigenvalue weighted by Crippen LogP contribution is -2.65. The molecule has 0 unspecified atom stereocenters. The van der Waals surface area contributed by atoms with Gasteiger partial charge in [-0.1, -0.05) is 0 Å². The second-order valence-corrected chi connectivity index (χ2v) is 5.85. The highest BCUT2D eigenvalue weighted by atomic mass is 16.5. The first-order valence-corrected chi connectivity index (χ1v) is 8.47. The molecule has 0 heterocycles. The summed E-state index contributed by atoms with van der Waals surface area (Å²) < 4.78 is 10.1. The number of rotatable bonds is 14. The molecule has 0 aromatic heterocycles. The van der Waals surface area contributed by atoms with Gasteiger partial charge < -0.3 is 46.8 Å². The fourth-order valence-electron chi connectivity index (χ4n) is 2.58. The first-order chi connectivity index (χ1) is 12.9. The van der Waals surface area contributed by atoms with Crippen molar-refractivity contribution in [2.45, 2.75) is 50.7 Å². The maximum absolute atomic E-state index is 11.1. The molecule has 0 aliphatic rings. The highest BCUT2D eigenvalue weighted by Crippen LogP contribution is 2.37. The van der Waals surface area contributed by atoms with Gasteiger partial charge in [-0.05, 0) is 13.8 Å². The predicted octanol–water partition coefficient (Wildman–Crippen LogP) is -1.49. The van der Waals surface area contributed by atoms with E-state index >= 15 is 0 Å². The van der Waals surface area contributed by atoms with Gasteiger partial charge >= 0.3 is 23.9 Å². The normalized spacial score (nSPS) is 10.9. The number of hydrogen-bond acceptors (Lipinski definition) is 8. The number of carboxylic acids is 4. The van der Waals surface area contributed by atoms with Crippen molar-refractivity contribution in [2.75, 3.05) is 26.4 Å². The third-order valence-corrected chi connectivity index (χ3v) is 3.60. The average molecular weight is 428 g/mol. The Hall–Kier alpha value is -2.32. The van der Waals surface area contributed by atoms with Crippen LogP contribution in [0.15, 0.2) is 0 Å². The summed E-state index contributed by atoms with van der Waals surface area (Å²) in [5.74, 6) is -5.96. The van der Waals surface area contributed by atoms with Crippen LogP contribution in [0.2, 0.25) is 0 Å². The Morgan fingerprint density at radius 3 is 1.38 bits per heavy atom. The Bertz CT molecular complexity index is 489. The number of nitrogens with two attached hydrogens (primary N) is 2. The van der Waals surface area contributed by atoms with E-state index in [-0.39, 0.29) is 12.1 Å². The van der Waals surface area contributed by atoms with Crippen molar-refractivity contribution in [3.05, 3.63) is 0 Å². The van der Waals surface area contributed by atoms with Crippen LogP contribution in [0.5, 0.6) is 0 Å². The van der Waals surface area contributed by atoms with E-state index in [2.05, 4.69) is 0 Å². The molecule has 0 aromatic carbocycles. The van der Waals surface area contributed by atoms with E-state index in [4.69, 9.17) is 41.4 Å². The summed E-state index contributed by atoms with van der Waals surface area (Å²) in [7, 11) is 0. The molecule has 0 saturated carbocycles. The van der Waals surface area contributed by atoms with Gasteiger partial charge in [0.25, 0.3) is 0 Å². The van der Waals surface area contributed by atoms with Gasteiger partial charge in [0.15, 0.2) is 0 Å². The summed E-state index contributed by atoms with van der Waals surface area (Å²) in [6.07, 6.45) is -3.80. The van der Waals surface area contributed by atoms with Gasteiger partial charge in [0.2, 0.25) is 0 Å². The van der Waals surface area contributed by atoms with Crippen molar-refractivity contribution in [3.8, 4) is 0 Å². The van der Waals surface area contributed by atoms with Crippen molar-refractivity contribution in [2.24, 2.45) is 11.5 Å². The zero-order valence-electron chi connectivity index (χ0n) is 16.5. The molecule has 0 aliphatic heterocycles. The molecule has 13 heteroatoms. The summed E-state index contributed by atoms with van der Waals surface area (Å²) in [5.41, 5.74) is 6.56. The molecule has 0 saturated heterocycles. The topological polar surface area (TPSA) is 251 Å². The van der Waals surface area contributed by atoms with Crippen molar-refractivity contribution >= 4 is 23.9 Å². The standard InChI is InChI=1S/C12H19NO9.C4H11NO.H2O/c1-2-22-12(5-9(18)19,6-10(20)21)11(13,3-7(14)15)4-8(16)17;1-2-6-4-3-5;/h2-6,13H2,1H3,(H,14,15)(H,16,17)(H,18,19)(H,20,21);2-5H2,1H3;1H2. The van der Waals surface area contributed by atoms with Crippen LogP contribution in [0, 0.1) is 0 Å². The molecule has 0 rings (SSSR count). The van der Waals surface area contributed by atoms with Crippen molar-refractivity contribution < 1.29 is 54.6 Å². The minimum Gasteiger partial charge on any atom is -0.481 e. The molecular formula is C16H32N2O11. The van der Waals surface area contributed by atoms with Crippen LogP contribution in [0.4, 0.5) is 0 Å². The number of hydrogen-bond donors (Lipinski definition) is 6. The molecule has 0 fully saturated rings. The Labute approximate surface area is 167 Å². The molecule has 29 heavy (non-hydrogen) atoms. The fraction of sp³-hybridized carbons (Fsp3) is 0.750. The molecule has 0 radical (unpaired) electrons. The summed E-state index contributed by atoms with van der Waals surface area (Å²) in [5, 5.41) is 35.9. The van der Waals surface area contributed by atoms with Crippen LogP contribution in [0.25, 0.3) is 0 Å². The average Bonchev–Trinajstić information content (AvgIpc) is 2.50. The van der Waals surface area contributed by atoms with Gasteiger partial charge in [0.1, 0.15) is 5.60 Å². The Morgan fingerprint density at radius 2 is 1.17 bits per heavy atom. The van der Waals surface area contributed by atoms with Crippen LogP contribution in [-0.2, 0) is 28.7 Å². The Kier molecular flexibility index (Phi) is 16.9. The summed E-state index contributed by atoms with van der Waals surface area (Å²) in [4.78, 5) is 44.1. The molecule has 172 valence electrons. The second kappa shape index (κ2) is 15.6. The molecular weight excluding hydrogens is 396 g/mol. The minimum absolute atomic E-state index is 0. The lowest BCUT2D eigenvalue weighted by molar-refractivity contribution is -0.173. The zero-order valence-corrected chi connectivity index (χ0v) is 16.5. The van der Waals surface area contributed by atoms with Gasteiger partial charge in [0, 0.05) is 19.8 Å². The summed E-state index contributed by atoms with van der Waals surface area (Å²) in [6, 6.07) is 0. The molecule has 0 aromatic rings. The van der Waals surface area contributed by atoms with Gasteiger partial charge in [0.05, 0.1) is 37.8 Å².